The number of nitrogens with two attached hydrogens (primary N) is 1. The number of hydrogen-bond acceptors (Lipinski definition) is 4. The Kier molecular flexibility index (Phi) is 6.97. The van der Waals surface area contributed by atoms with E-state index in [0.29, 0.717) is 24.0 Å². The number of aryl methyl sites for hydroxylation is 1. The number of piperidine rings is 1. The van der Waals surface area contributed by atoms with Crippen LogP contribution in [0.5, 0.6) is 0 Å². The Morgan fingerprint density at radius 3 is 2.62 bits per heavy atom. The number of hydrogen-bond donors (Lipinski definition) is 1. The van der Waals surface area contributed by atoms with Gasteiger partial charge in [0.2, 0.25) is 11.1 Å². The van der Waals surface area contributed by atoms with E-state index in [2.05, 4.69) is 5.16 Å². The van der Waals surface area contributed by atoms with Gasteiger partial charge in [-0.15, -0.1) is 12.4 Å². The molecule has 1 saturated heterocycles. The Bertz CT molecular complexity index is 449. The average molecular weight is 336 g/mol. The summed E-state index contributed by atoms with van der Waals surface area (Å²) in [5.41, 5.74) is 7.51. The molecule has 0 radical (unpaired) electrons. The van der Waals surface area contributed by atoms with Gasteiger partial charge >= 0.3 is 0 Å². The van der Waals surface area contributed by atoms with Crippen molar-refractivity contribution in [3.8, 4) is 0 Å². The van der Waals surface area contributed by atoms with Crippen LogP contribution in [-0.4, -0.2) is 35.1 Å². The summed E-state index contributed by atoms with van der Waals surface area (Å²) >= 11 is 5.90. The molecule has 7 heteroatoms. The van der Waals surface area contributed by atoms with Gasteiger partial charge in [0, 0.05) is 31.1 Å². The Hall–Kier alpha value is -0.780. The molecule has 1 fully saturated rings. The SMILES string of the molecule is Cc1noc(Cl)c1CCC(=O)N1CCC(C(C)N)CC1.Cl. The van der Waals surface area contributed by atoms with Crippen LogP contribution in [0.3, 0.4) is 0 Å². The maximum atomic E-state index is 12.2. The number of nitrogens with zero attached hydrogens (tertiary/aromatic N) is 2. The molecule has 1 atom stereocenters. The molecule has 1 aromatic heterocycles. The van der Waals surface area contributed by atoms with Crippen LogP contribution in [0.25, 0.3) is 0 Å². The van der Waals surface area contributed by atoms with Crippen molar-refractivity contribution >= 4 is 29.9 Å². The summed E-state index contributed by atoms with van der Waals surface area (Å²) in [4.78, 5) is 14.1. The first-order valence-corrected chi connectivity index (χ1v) is 7.51. The van der Waals surface area contributed by atoms with Crippen LogP contribution in [0.2, 0.25) is 5.22 Å². The summed E-state index contributed by atoms with van der Waals surface area (Å²) in [7, 11) is 0. The molecule has 1 aliphatic rings. The quantitative estimate of drug-likeness (QED) is 0.917. The number of carbonyl (C=O) groups is 1. The van der Waals surface area contributed by atoms with Crippen LogP contribution in [-0.2, 0) is 11.2 Å². The molecule has 2 N–H and O–H groups in total. The topological polar surface area (TPSA) is 72.4 Å². The van der Waals surface area contributed by atoms with Gasteiger partial charge in [-0.25, -0.2) is 0 Å². The summed E-state index contributed by atoms with van der Waals surface area (Å²) in [6, 6.07) is 0.214. The minimum Gasteiger partial charge on any atom is -0.344 e. The normalized spacial score (nSPS) is 17.4. The van der Waals surface area contributed by atoms with Gasteiger partial charge in [-0.1, -0.05) is 5.16 Å². The van der Waals surface area contributed by atoms with E-state index in [-0.39, 0.29) is 24.4 Å². The molecule has 2 heterocycles. The summed E-state index contributed by atoms with van der Waals surface area (Å²) in [6.45, 7) is 5.49. The van der Waals surface area contributed by atoms with Gasteiger partial charge in [-0.3, -0.25) is 4.79 Å². The first-order chi connectivity index (χ1) is 9.49. The van der Waals surface area contributed by atoms with Crippen LogP contribution in [0.15, 0.2) is 4.52 Å². The molecular formula is C14H23Cl2N3O2. The number of rotatable bonds is 4. The monoisotopic (exact) mass is 335 g/mol. The minimum absolute atomic E-state index is 0. The first-order valence-electron chi connectivity index (χ1n) is 7.13. The molecule has 0 bridgehead atoms. The minimum atomic E-state index is 0. The van der Waals surface area contributed by atoms with Crippen molar-refractivity contribution < 1.29 is 9.32 Å². The number of likely N-dealkylation sites (tertiary alicyclic amines) is 1. The van der Waals surface area contributed by atoms with Gasteiger partial charge in [0.05, 0.1) is 5.69 Å². The van der Waals surface area contributed by atoms with Crippen molar-refractivity contribution in [2.45, 2.75) is 45.6 Å². The standard InChI is InChI=1S/C14H22ClN3O2.ClH/c1-9(16)11-5-7-18(8-6-11)13(19)4-3-12-10(2)17-20-14(12)15;/h9,11H,3-8,16H2,1-2H3;1H. The molecule has 1 amide bonds. The molecule has 120 valence electrons. The van der Waals surface area contributed by atoms with E-state index < -0.39 is 0 Å². The lowest BCUT2D eigenvalue weighted by Gasteiger charge is -2.33. The predicted molar refractivity (Wildman–Crippen MR) is 84.8 cm³/mol. The second-order valence-corrected chi connectivity index (χ2v) is 5.94. The van der Waals surface area contributed by atoms with Gasteiger partial charge in [0.15, 0.2) is 0 Å². The molecule has 2 rings (SSSR count). The van der Waals surface area contributed by atoms with E-state index in [1.807, 2.05) is 18.7 Å². The second-order valence-electron chi connectivity index (χ2n) is 5.60. The molecule has 1 aromatic rings. The fourth-order valence-electron chi connectivity index (χ4n) is 2.70. The van der Waals surface area contributed by atoms with Gasteiger partial charge < -0.3 is 15.2 Å². The zero-order valence-corrected chi connectivity index (χ0v) is 14.0. The van der Waals surface area contributed by atoms with Crippen molar-refractivity contribution in [3.63, 3.8) is 0 Å². The Morgan fingerprint density at radius 1 is 1.52 bits per heavy atom. The highest BCUT2D eigenvalue weighted by atomic mass is 35.5. The third-order valence-corrected chi connectivity index (χ3v) is 4.46. The molecular weight excluding hydrogens is 313 g/mol. The van der Waals surface area contributed by atoms with Crippen LogP contribution in [0.1, 0.15) is 37.4 Å². The third-order valence-electron chi connectivity index (χ3n) is 4.16. The van der Waals surface area contributed by atoms with E-state index >= 15 is 0 Å². The lowest BCUT2D eigenvalue weighted by atomic mass is 9.91. The van der Waals surface area contributed by atoms with E-state index in [9.17, 15) is 4.79 Å². The molecule has 0 spiro atoms. The molecule has 0 aromatic carbocycles. The molecule has 21 heavy (non-hydrogen) atoms. The molecule has 0 saturated carbocycles. The average Bonchev–Trinajstić information content (AvgIpc) is 2.75. The Morgan fingerprint density at radius 2 is 2.14 bits per heavy atom. The van der Waals surface area contributed by atoms with Gasteiger partial charge in [-0.2, -0.15) is 0 Å². The van der Waals surface area contributed by atoms with E-state index in [4.69, 9.17) is 21.9 Å². The van der Waals surface area contributed by atoms with Gasteiger partial charge in [-0.05, 0) is 50.6 Å². The lowest BCUT2D eigenvalue weighted by molar-refractivity contribution is -0.132. The molecule has 5 nitrogen and oxygen atoms in total. The van der Waals surface area contributed by atoms with E-state index in [0.717, 1.165) is 37.2 Å². The second kappa shape index (κ2) is 8.01. The van der Waals surface area contributed by atoms with Gasteiger partial charge in [0.25, 0.3) is 0 Å². The van der Waals surface area contributed by atoms with E-state index in [1.54, 1.807) is 0 Å². The summed E-state index contributed by atoms with van der Waals surface area (Å²) in [5.74, 6) is 0.707. The summed E-state index contributed by atoms with van der Waals surface area (Å²) < 4.78 is 4.89. The Labute approximate surface area is 136 Å². The van der Waals surface area contributed by atoms with E-state index in [1.165, 1.54) is 0 Å². The molecule has 1 aliphatic heterocycles. The number of amides is 1. The van der Waals surface area contributed by atoms with Crippen molar-refractivity contribution in [2.75, 3.05) is 13.1 Å². The first kappa shape index (κ1) is 18.3. The fourth-order valence-corrected chi connectivity index (χ4v) is 2.97. The highest BCUT2D eigenvalue weighted by Crippen LogP contribution is 2.23. The fraction of sp³-hybridized carbons (Fsp3) is 0.714. The third kappa shape index (κ3) is 4.59. The molecule has 0 aliphatic carbocycles. The summed E-state index contributed by atoms with van der Waals surface area (Å²) in [5, 5.41) is 4.09. The smallest absolute Gasteiger partial charge is 0.229 e. The largest absolute Gasteiger partial charge is 0.344 e. The maximum absolute atomic E-state index is 12.2. The zero-order chi connectivity index (χ0) is 14.7. The molecule has 1 unspecified atom stereocenters. The van der Waals surface area contributed by atoms with Crippen molar-refractivity contribution in [2.24, 2.45) is 11.7 Å². The van der Waals surface area contributed by atoms with Crippen molar-refractivity contribution in [1.29, 1.82) is 0 Å². The van der Waals surface area contributed by atoms with Crippen molar-refractivity contribution in [1.82, 2.24) is 10.1 Å². The highest BCUT2D eigenvalue weighted by molar-refractivity contribution is 6.29. The van der Waals surface area contributed by atoms with Gasteiger partial charge in [0.1, 0.15) is 0 Å². The summed E-state index contributed by atoms with van der Waals surface area (Å²) in [6.07, 6.45) is 3.03. The lowest BCUT2D eigenvalue weighted by Crippen LogP contribution is -2.42. The number of halogens is 2. The number of carbonyl (C=O) groups excluding carboxylic acids is 1. The van der Waals surface area contributed by atoms with Crippen LogP contribution in [0, 0.1) is 12.8 Å². The maximum Gasteiger partial charge on any atom is 0.229 e. The number of aromatic nitrogens is 1. The van der Waals surface area contributed by atoms with Crippen LogP contribution in [0.4, 0.5) is 0 Å². The predicted octanol–water partition coefficient (Wildman–Crippen LogP) is 2.58. The highest BCUT2D eigenvalue weighted by Gasteiger charge is 2.25. The Balaban J connectivity index is 0.00000220. The van der Waals surface area contributed by atoms with Crippen LogP contribution >= 0.6 is 24.0 Å². The van der Waals surface area contributed by atoms with Crippen molar-refractivity contribution in [3.05, 3.63) is 16.5 Å². The van der Waals surface area contributed by atoms with Crippen LogP contribution < -0.4 is 5.73 Å². The zero-order valence-electron chi connectivity index (χ0n) is 12.5.